The number of ether oxygens (including phenoxy) is 1. The van der Waals surface area contributed by atoms with Crippen molar-refractivity contribution in [3.05, 3.63) is 24.3 Å². The zero-order valence-electron chi connectivity index (χ0n) is 10.8. The number of nitrogens with one attached hydrogen (secondary N) is 2. The summed E-state index contributed by atoms with van der Waals surface area (Å²) in [4.78, 5) is 11.9. The zero-order valence-corrected chi connectivity index (χ0v) is 11.6. The van der Waals surface area contributed by atoms with Gasteiger partial charge < -0.3 is 20.5 Å². The molecule has 2 unspecified atom stereocenters. The normalized spacial score (nSPS) is 21.6. The standard InChI is InChI=1S/C13H18N2O3.ClH/c1-2-18-11-5-3-9(4-6-11)15-13(17)12-7-10(16)8-14-12;/h3-6,10,12,14,16H,2,7-8H2,1H3,(H,15,17);1H. The fourth-order valence-electron chi connectivity index (χ4n) is 1.95. The lowest BCUT2D eigenvalue weighted by Gasteiger charge is -2.11. The van der Waals surface area contributed by atoms with Gasteiger partial charge in [0.2, 0.25) is 5.91 Å². The van der Waals surface area contributed by atoms with Crippen LogP contribution in [-0.4, -0.2) is 36.3 Å². The number of halogens is 1. The van der Waals surface area contributed by atoms with Crippen LogP contribution in [0.1, 0.15) is 13.3 Å². The third-order valence-electron chi connectivity index (χ3n) is 2.86. The summed E-state index contributed by atoms with van der Waals surface area (Å²) >= 11 is 0. The highest BCUT2D eigenvalue weighted by atomic mass is 35.5. The molecule has 0 saturated carbocycles. The van der Waals surface area contributed by atoms with E-state index in [0.717, 1.165) is 11.4 Å². The van der Waals surface area contributed by atoms with Gasteiger partial charge in [-0.05, 0) is 37.6 Å². The molecule has 0 aromatic heterocycles. The molecule has 19 heavy (non-hydrogen) atoms. The Kier molecular flexibility index (Phi) is 6.08. The maximum Gasteiger partial charge on any atom is 0.241 e. The van der Waals surface area contributed by atoms with E-state index in [1.54, 1.807) is 12.1 Å². The number of benzene rings is 1. The maximum absolute atomic E-state index is 11.9. The van der Waals surface area contributed by atoms with Crippen LogP contribution in [0.4, 0.5) is 5.69 Å². The topological polar surface area (TPSA) is 70.6 Å². The Morgan fingerprint density at radius 2 is 2.16 bits per heavy atom. The van der Waals surface area contributed by atoms with Crippen LogP contribution in [0.15, 0.2) is 24.3 Å². The number of anilines is 1. The van der Waals surface area contributed by atoms with Crippen LogP contribution < -0.4 is 15.4 Å². The Balaban J connectivity index is 0.00000180. The number of carbonyl (C=O) groups excluding carboxylic acids is 1. The van der Waals surface area contributed by atoms with Gasteiger partial charge in [-0.25, -0.2) is 0 Å². The molecule has 106 valence electrons. The fraction of sp³-hybridized carbons (Fsp3) is 0.462. The van der Waals surface area contributed by atoms with Crippen molar-refractivity contribution < 1.29 is 14.6 Å². The third kappa shape index (κ3) is 4.38. The SMILES string of the molecule is CCOc1ccc(NC(=O)C2CC(O)CN2)cc1.Cl. The predicted molar refractivity (Wildman–Crippen MR) is 75.9 cm³/mol. The number of aliphatic hydroxyl groups excluding tert-OH is 1. The van der Waals surface area contributed by atoms with Crippen molar-refractivity contribution in [3.63, 3.8) is 0 Å². The van der Waals surface area contributed by atoms with Crippen LogP contribution in [0.25, 0.3) is 0 Å². The number of hydrogen-bond donors (Lipinski definition) is 3. The first-order valence-corrected chi connectivity index (χ1v) is 6.14. The first-order chi connectivity index (χ1) is 8.69. The predicted octanol–water partition coefficient (Wildman–Crippen LogP) is 1.17. The van der Waals surface area contributed by atoms with E-state index in [2.05, 4.69) is 10.6 Å². The minimum Gasteiger partial charge on any atom is -0.494 e. The monoisotopic (exact) mass is 286 g/mol. The molecule has 1 amide bonds. The van der Waals surface area contributed by atoms with E-state index in [-0.39, 0.29) is 24.4 Å². The van der Waals surface area contributed by atoms with Gasteiger partial charge in [0, 0.05) is 12.2 Å². The van der Waals surface area contributed by atoms with Gasteiger partial charge in [-0.2, -0.15) is 0 Å². The Morgan fingerprint density at radius 1 is 1.47 bits per heavy atom. The molecule has 1 aromatic rings. The van der Waals surface area contributed by atoms with Gasteiger partial charge in [0.1, 0.15) is 5.75 Å². The highest BCUT2D eigenvalue weighted by Gasteiger charge is 2.27. The number of hydrogen-bond acceptors (Lipinski definition) is 4. The van der Waals surface area contributed by atoms with Crippen molar-refractivity contribution in [2.45, 2.75) is 25.5 Å². The van der Waals surface area contributed by atoms with E-state index in [9.17, 15) is 9.90 Å². The lowest BCUT2D eigenvalue weighted by atomic mass is 10.2. The second-order valence-corrected chi connectivity index (χ2v) is 4.30. The largest absolute Gasteiger partial charge is 0.494 e. The van der Waals surface area contributed by atoms with E-state index >= 15 is 0 Å². The van der Waals surface area contributed by atoms with Crippen molar-refractivity contribution in [2.75, 3.05) is 18.5 Å². The first kappa shape index (κ1) is 15.8. The second-order valence-electron chi connectivity index (χ2n) is 4.30. The smallest absolute Gasteiger partial charge is 0.241 e. The summed E-state index contributed by atoms with van der Waals surface area (Å²) in [5.41, 5.74) is 0.728. The van der Waals surface area contributed by atoms with Crippen molar-refractivity contribution in [2.24, 2.45) is 0 Å². The molecule has 1 fully saturated rings. The molecule has 0 bridgehead atoms. The molecule has 1 saturated heterocycles. The number of aliphatic hydroxyl groups is 1. The van der Waals surface area contributed by atoms with Crippen LogP contribution in [0.3, 0.4) is 0 Å². The van der Waals surface area contributed by atoms with Crippen molar-refractivity contribution in [3.8, 4) is 5.75 Å². The third-order valence-corrected chi connectivity index (χ3v) is 2.86. The van der Waals surface area contributed by atoms with E-state index in [4.69, 9.17) is 4.74 Å². The van der Waals surface area contributed by atoms with Gasteiger partial charge >= 0.3 is 0 Å². The molecule has 1 aromatic carbocycles. The summed E-state index contributed by atoms with van der Waals surface area (Å²) in [7, 11) is 0. The molecular formula is C13H19ClN2O3. The number of rotatable bonds is 4. The van der Waals surface area contributed by atoms with E-state index in [1.165, 1.54) is 0 Å². The molecule has 1 aliphatic rings. The summed E-state index contributed by atoms with van der Waals surface area (Å²) < 4.78 is 5.32. The molecule has 3 N–H and O–H groups in total. The molecular weight excluding hydrogens is 268 g/mol. The Morgan fingerprint density at radius 3 is 2.68 bits per heavy atom. The zero-order chi connectivity index (χ0) is 13.0. The van der Waals surface area contributed by atoms with Crippen LogP contribution in [0.2, 0.25) is 0 Å². The number of β-amino-alcohol motifs (C(OH)–C–C–N with tert-alkyl or cyclic N) is 1. The Hall–Kier alpha value is -1.30. The van der Waals surface area contributed by atoms with Crippen LogP contribution in [0.5, 0.6) is 5.75 Å². The second kappa shape index (κ2) is 7.33. The highest BCUT2D eigenvalue weighted by Crippen LogP contribution is 2.16. The molecule has 0 radical (unpaired) electrons. The summed E-state index contributed by atoms with van der Waals surface area (Å²) in [6.45, 7) is 3.02. The van der Waals surface area contributed by atoms with Gasteiger partial charge in [0.25, 0.3) is 0 Å². The van der Waals surface area contributed by atoms with Crippen LogP contribution in [-0.2, 0) is 4.79 Å². The number of amides is 1. The summed E-state index contributed by atoms with van der Waals surface area (Å²) in [6.07, 6.45) is 0.0316. The average molecular weight is 287 g/mol. The average Bonchev–Trinajstić information content (AvgIpc) is 2.79. The van der Waals surface area contributed by atoms with E-state index < -0.39 is 6.10 Å². The summed E-state index contributed by atoms with van der Waals surface area (Å²) in [5, 5.41) is 15.1. The molecule has 1 aliphatic heterocycles. The van der Waals surface area contributed by atoms with Gasteiger partial charge in [-0.1, -0.05) is 0 Å². The minimum atomic E-state index is -0.430. The van der Waals surface area contributed by atoms with Crippen molar-refractivity contribution >= 4 is 24.0 Å². The maximum atomic E-state index is 11.9. The van der Waals surface area contributed by atoms with E-state index in [0.29, 0.717) is 19.6 Å². The molecule has 2 rings (SSSR count). The molecule has 1 heterocycles. The number of carbonyl (C=O) groups is 1. The Labute approximate surface area is 118 Å². The Bertz CT molecular complexity index is 411. The lowest BCUT2D eigenvalue weighted by Crippen LogP contribution is -2.35. The highest BCUT2D eigenvalue weighted by molar-refractivity contribution is 5.95. The summed E-state index contributed by atoms with van der Waals surface area (Å²) in [6, 6.07) is 6.92. The van der Waals surface area contributed by atoms with E-state index in [1.807, 2.05) is 19.1 Å². The quantitative estimate of drug-likeness (QED) is 0.777. The lowest BCUT2D eigenvalue weighted by molar-refractivity contribution is -0.117. The van der Waals surface area contributed by atoms with Gasteiger partial charge in [-0.3, -0.25) is 4.79 Å². The molecule has 5 nitrogen and oxygen atoms in total. The van der Waals surface area contributed by atoms with Gasteiger partial charge in [0.15, 0.2) is 0 Å². The van der Waals surface area contributed by atoms with Crippen LogP contribution >= 0.6 is 12.4 Å². The minimum absolute atomic E-state index is 0. The molecule has 0 spiro atoms. The van der Waals surface area contributed by atoms with Gasteiger partial charge in [-0.15, -0.1) is 12.4 Å². The van der Waals surface area contributed by atoms with Crippen molar-refractivity contribution in [1.29, 1.82) is 0 Å². The molecule has 6 heteroatoms. The summed E-state index contributed by atoms with van der Waals surface area (Å²) in [5.74, 6) is 0.667. The van der Waals surface area contributed by atoms with Gasteiger partial charge in [0.05, 0.1) is 18.8 Å². The molecule has 0 aliphatic carbocycles. The molecule has 2 atom stereocenters. The first-order valence-electron chi connectivity index (χ1n) is 6.14. The van der Waals surface area contributed by atoms with Crippen LogP contribution in [0, 0.1) is 0 Å². The fourth-order valence-corrected chi connectivity index (χ4v) is 1.95. The van der Waals surface area contributed by atoms with Crippen molar-refractivity contribution in [1.82, 2.24) is 5.32 Å².